The second kappa shape index (κ2) is 7.88. The third kappa shape index (κ3) is 4.79. The van der Waals surface area contributed by atoms with Crippen molar-refractivity contribution >= 4 is 15.9 Å². The first-order chi connectivity index (χ1) is 9.29. The van der Waals surface area contributed by atoms with Gasteiger partial charge in [0.05, 0.1) is 0 Å². The Labute approximate surface area is 123 Å². The van der Waals surface area contributed by atoms with Gasteiger partial charge in [-0.15, -0.1) is 0 Å². The summed E-state index contributed by atoms with van der Waals surface area (Å²) in [6.45, 7) is 2.91. The Morgan fingerprint density at radius 3 is 2.53 bits per heavy atom. The van der Waals surface area contributed by atoms with E-state index in [-0.39, 0.29) is 6.61 Å². The van der Waals surface area contributed by atoms with Crippen LogP contribution < -0.4 is 4.74 Å². The van der Waals surface area contributed by atoms with E-state index in [1.165, 1.54) is 19.3 Å². The first-order valence-electron chi connectivity index (χ1n) is 7.03. The molecule has 1 aliphatic carbocycles. The smallest absolute Gasteiger partial charge is 0.119 e. The summed E-state index contributed by atoms with van der Waals surface area (Å²) in [6.07, 6.45) is 4.79. The van der Waals surface area contributed by atoms with Crippen LogP contribution in [-0.2, 0) is 0 Å². The average molecular weight is 328 g/mol. The van der Waals surface area contributed by atoms with Crippen LogP contribution in [0.4, 0.5) is 0 Å². The van der Waals surface area contributed by atoms with E-state index < -0.39 is 0 Å². The molecule has 0 saturated heterocycles. The largest absolute Gasteiger partial charge is 0.492 e. The van der Waals surface area contributed by atoms with Crippen molar-refractivity contribution in [1.29, 1.82) is 0 Å². The van der Waals surface area contributed by atoms with Gasteiger partial charge < -0.3 is 9.84 Å². The summed E-state index contributed by atoms with van der Waals surface area (Å²) >= 11 is 3.41. The van der Waals surface area contributed by atoms with Crippen molar-refractivity contribution in [3.8, 4) is 5.75 Å². The standard InChI is InChI=1S/C15H22BrNO2/c16-13-5-7-15(8-6-13)19-12-10-17(9-2-11-18)14-3-1-4-14/h5-8,14,18H,1-4,9-12H2. The first kappa shape index (κ1) is 14.8. The van der Waals surface area contributed by atoms with Crippen molar-refractivity contribution < 1.29 is 9.84 Å². The van der Waals surface area contributed by atoms with Gasteiger partial charge in [0, 0.05) is 30.2 Å². The van der Waals surface area contributed by atoms with Gasteiger partial charge in [-0.1, -0.05) is 22.4 Å². The van der Waals surface area contributed by atoms with Gasteiger partial charge in [-0.2, -0.15) is 0 Å². The predicted molar refractivity (Wildman–Crippen MR) is 80.6 cm³/mol. The van der Waals surface area contributed by atoms with E-state index in [0.717, 1.165) is 29.7 Å². The fourth-order valence-electron chi connectivity index (χ4n) is 2.31. The number of hydrogen-bond acceptors (Lipinski definition) is 3. The Kier molecular flexibility index (Phi) is 6.14. The molecule has 0 radical (unpaired) electrons. The molecule has 0 atom stereocenters. The van der Waals surface area contributed by atoms with Crippen LogP contribution >= 0.6 is 15.9 Å². The van der Waals surface area contributed by atoms with Gasteiger partial charge in [-0.3, -0.25) is 4.90 Å². The summed E-state index contributed by atoms with van der Waals surface area (Å²) in [7, 11) is 0. The summed E-state index contributed by atoms with van der Waals surface area (Å²) in [5.41, 5.74) is 0. The molecule has 0 bridgehead atoms. The highest BCUT2D eigenvalue weighted by Gasteiger charge is 2.24. The van der Waals surface area contributed by atoms with Gasteiger partial charge >= 0.3 is 0 Å². The number of nitrogens with zero attached hydrogens (tertiary/aromatic N) is 1. The lowest BCUT2D eigenvalue weighted by molar-refractivity contribution is 0.0984. The zero-order valence-corrected chi connectivity index (χ0v) is 12.8. The fraction of sp³-hybridized carbons (Fsp3) is 0.600. The molecule has 0 amide bonds. The Balaban J connectivity index is 1.73. The van der Waals surface area contributed by atoms with Gasteiger partial charge in [0.1, 0.15) is 12.4 Å². The number of halogens is 1. The summed E-state index contributed by atoms with van der Waals surface area (Å²) in [5, 5.41) is 8.95. The van der Waals surface area contributed by atoms with Crippen LogP contribution in [0.25, 0.3) is 0 Å². The summed E-state index contributed by atoms with van der Waals surface area (Å²) < 4.78 is 6.83. The zero-order valence-electron chi connectivity index (χ0n) is 11.2. The molecule has 2 rings (SSSR count). The van der Waals surface area contributed by atoms with Crippen molar-refractivity contribution in [2.75, 3.05) is 26.3 Å². The normalized spacial score (nSPS) is 15.5. The zero-order chi connectivity index (χ0) is 13.5. The lowest BCUT2D eigenvalue weighted by Crippen LogP contribution is -2.43. The van der Waals surface area contributed by atoms with Crippen molar-refractivity contribution in [1.82, 2.24) is 4.90 Å². The van der Waals surface area contributed by atoms with E-state index in [9.17, 15) is 0 Å². The summed E-state index contributed by atoms with van der Waals surface area (Å²) in [6, 6.07) is 8.65. The number of aliphatic hydroxyl groups excluding tert-OH is 1. The average Bonchev–Trinajstić information content (AvgIpc) is 2.36. The number of rotatable bonds is 8. The van der Waals surface area contributed by atoms with Crippen LogP contribution in [0, 0.1) is 0 Å². The van der Waals surface area contributed by atoms with Crippen LogP contribution in [0.5, 0.6) is 5.75 Å². The van der Waals surface area contributed by atoms with Crippen LogP contribution in [0.3, 0.4) is 0 Å². The van der Waals surface area contributed by atoms with Crippen LogP contribution in [0.1, 0.15) is 25.7 Å². The third-order valence-electron chi connectivity index (χ3n) is 3.66. The molecule has 19 heavy (non-hydrogen) atoms. The molecule has 1 aromatic rings. The van der Waals surface area contributed by atoms with Gasteiger partial charge in [0.15, 0.2) is 0 Å². The molecule has 1 saturated carbocycles. The minimum absolute atomic E-state index is 0.275. The minimum Gasteiger partial charge on any atom is -0.492 e. The van der Waals surface area contributed by atoms with Crippen LogP contribution in [0.2, 0.25) is 0 Å². The SMILES string of the molecule is OCCCN(CCOc1ccc(Br)cc1)C1CCC1. The Morgan fingerprint density at radius 1 is 1.21 bits per heavy atom. The molecule has 0 spiro atoms. The van der Waals surface area contributed by atoms with E-state index in [0.29, 0.717) is 12.6 Å². The van der Waals surface area contributed by atoms with Crippen molar-refractivity contribution in [3.05, 3.63) is 28.7 Å². The number of ether oxygens (including phenoxy) is 1. The third-order valence-corrected chi connectivity index (χ3v) is 4.18. The van der Waals surface area contributed by atoms with Gasteiger partial charge in [-0.05, 0) is 43.5 Å². The highest BCUT2D eigenvalue weighted by atomic mass is 79.9. The molecule has 106 valence electrons. The summed E-state index contributed by atoms with van der Waals surface area (Å²) in [4.78, 5) is 2.46. The maximum Gasteiger partial charge on any atom is 0.119 e. The van der Waals surface area contributed by atoms with Crippen molar-refractivity contribution in [3.63, 3.8) is 0 Å². The lowest BCUT2D eigenvalue weighted by atomic mass is 9.91. The van der Waals surface area contributed by atoms with Gasteiger partial charge in [0.25, 0.3) is 0 Å². The molecular formula is C15H22BrNO2. The van der Waals surface area contributed by atoms with Crippen molar-refractivity contribution in [2.24, 2.45) is 0 Å². The second-order valence-electron chi connectivity index (χ2n) is 5.00. The van der Waals surface area contributed by atoms with E-state index >= 15 is 0 Å². The number of aliphatic hydroxyl groups is 1. The molecular weight excluding hydrogens is 306 g/mol. The molecule has 1 aliphatic rings. The van der Waals surface area contributed by atoms with E-state index in [2.05, 4.69) is 20.8 Å². The molecule has 1 N–H and O–H groups in total. The second-order valence-corrected chi connectivity index (χ2v) is 5.92. The van der Waals surface area contributed by atoms with Crippen LogP contribution in [-0.4, -0.2) is 42.4 Å². The molecule has 4 heteroatoms. The van der Waals surface area contributed by atoms with Crippen molar-refractivity contribution in [2.45, 2.75) is 31.7 Å². The topological polar surface area (TPSA) is 32.7 Å². The minimum atomic E-state index is 0.275. The lowest BCUT2D eigenvalue weighted by Gasteiger charge is -2.37. The molecule has 0 heterocycles. The number of hydrogen-bond donors (Lipinski definition) is 1. The van der Waals surface area contributed by atoms with Gasteiger partial charge in [0.2, 0.25) is 0 Å². The quantitative estimate of drug-likeness (QED) is 0.796. The van der Waals surface area contributed by atoms with E-state index in [1.807, 2.05) is 24.3 Å². The highest BCUT2D eigenvalue weighted by Crippen LogP contribution is 2.24. The fourth-order valence-corrected chi connectivity index (χ4v) is 2.58. The van der Waals surface area contributed by atoms with E-state index in [1.54, 1.807) is 0 Å². The maximum atomic E-state index is 8.95. The Hall–Kier alpha value is -0.580. The number of benzene rings is 1. The molecule has 0 aromatic heterocycles. The molecule has 0 aliphatic heterocycles. The highest BCUT2D eigenvalue weighted by molar-refractivity contribution is 9.10. The monoisotopic (exact) mass is 327 g/mol. The molecule has 1 aromatic carbocycles. The van der Waals surface area contributed by atoms with Crippen LogP contribution in [0.15, 0.2) is 28.7 Å². The maximum absolute atomic E-state index is 8.95. The van der Waals surface area contributed by atoms with E-state index in [4.69, 9.17) is 9.84 Å². The molecule has 3 nitrogen and oxygen atoms in total. The first-order valence-corrected chi connectivity index (χ1v) is 7.82. The predicted octanol–water partition coefficient (Wildman–Crippen LogP) is 3.06. The molecule has 0 unspecified atom stereocenters. The molecule has 1 fully saturated rings. The Bertz CT molecular complexity index is 365. The van der Waals surface area contributed by atoms with Gasteiger partial charge in [-0.25, -0.2) is 0 Å². The summed E-state index contributed by atoms with van der Waals surface area (Å²) in [5.74, 6) is 0.916. The Morgan fingerprint density at radius 2 is 1.95 bits per heavy atom.